The molecule has 2 heterocycles. The van der Waals surface area contributed by atoms with Crippen LogP contribution in [0.5, 0.6) is 0 Å². The second kappa shape index (κ2) is 8.14. The molecule has 3 aromatic rings. The minimum atomic E-state index is -2.37. The first-order valence-electron chi connectivity index (χ1n) is 10.4. The molecule has 0 saturated carbocycles. The fourth-order valence-corrected chi connectivity index (χ4v) is 6.16. The van der Waals surface area contributed by atoms with Crippen LogP contribution in [-0.2, 0) is 16.0 Å². The van der Waals surface area contributed by atoms with Gasteiger partial charge in [-0.25, -0.2) is 8.78 Å². The van der Waals surface area contributed by atoms with Gasteiger partial charge in [-0.05, 0) is 43.6 Å². The SMILES string of the molecule is Cc1ccc(-c2[nH]c3c(F)cc(F)cc3c2CCC(=O)N[C@@H]2C(=O)N[Si](C)(C)[C@H]2O)cc1. The molecule has 0 unspecified atom stereocenters. The van der Waals surface area contributed by atoms with Crippen molar-refractivity contribution < 1.29 is 23.5 Å². The zero-order valence-electron chi connectivity index (χ0n) is 18.1. The van der Waals surface area contributed by atoms with Crippen LogP contribution in [0, 0.1) is 18.6 Å². The van der Waals surface area contributed by atoms with Crippen molar-refractivity contribution in [3.8, 4) is 11.3 Å². The molecule has 1 aromatic heterocycles. The monoisotopic (exact) mass is 457 g/mol. The highest BCUT2D eigenvalue weighted by atomic mass is 28.3. The molecule has 2 aromatic carbocycles. The number of hydrogen-bond donors (Lipinski definition) is 4. The summed E-state index contributed by atoms with van der Waals surface area (Å²) in [7, 11) is -2.37. The number of aliphatic hydroxyl groups is 1. The molecule has 0 spiro atoms. The van der Waals surface area contributed by atoms with Crippen molar-refractivity contribution in [3.63, 3.8) is 0 Å². The fraction of sp³-hybridized carbons (Fsp3) is 0.304. The zero-order chi connectivity index (χ0) is 23.2. The number of aromatic amines is 1. The maximum Gasteiger partial charge on any atom is 0.237 e. The first kappa shape index (κ1) is 22.2. The van der Waals surface area contributed by atoms with Crippen molar-refractivity contribution in [2.45, 2.75) is 44.6 Å². The summed E-state index contributed by atoms with van der Waals surface area (Å²) in [4.78, 5) is 30.6. The molecular formula is C23H25F2N3O3Si. The molecule has 4 rings (SSSR count). The first-order chi connectivity index (χ1) is 15.1. The molecule has 2 amide bonds. The Morgan fingerprint density at radius 1 is 1.19 bits per heavy atom. The third-order valence-electron chi connectivity index (χ3n) is 5.97. The molecule has 4 N–H and O–H groups in total. The Morgan fingerprint density at radius 3 is 2.50 bits per heavy atom. The van der Waals surface area contributed by atoms with Gasteiger partial charge in [-0.15, -0.1) is 0 Å². The van der Waals surface area contributed by atoms with E-state index < -0.39 is 37.5 Å². The molecule has 0 bridgehead atoms. The molecule has 0 radical (unpaired) electrons. The van der Waals surface area contributed by atoms with Gasteiger partial charge in [-0.2, -0.15) is 0 Å². The number of aliphatic hydroxyl groups excluding tert-OH is 1. The summed E-state index contributed by atoms with van der Waals surface area (Å²) in [5.41, 5.74) is 2.32. The second-order valence-electron chi connectivity index (χ2n) is 8.86. The van der Waals surface area contributed by atoms with Crippen molar-refractivity contribution in [2.75, 3.05) is 0 Å². The number of aromatic nitrogens is 1. The largest absolute Gasteiger partial charge is 0.392 e. The number of rotatable bonds is 5. The molecule has 0 aliphatic carbocycles. The molecule has 2 atom stereocenters. The van der Waals surface area contributed by atoms with Gasteiger partial charge in [0, 0.05) is 23.6 Å². The van der Waals surface area contributed by atoms with Crippen molar-refractivity contribution in [3.05, 3.63) is 59.2 Å². The Labute approximate surface area is 185 Å². The minimum absolute atomic E-state index is 0.0115. The third-order valence-corrected chi connectivity index (χ3v) is 8.68. The van der Waals surface area contributed by atoms with Gasteiger partial charge in [0.15, 0.2) is 8.24 Å². The van der Waals surface area contributed by atoms with E-state index in [0.717, 1.165) is 17.2 Å². The van der Waals surface area contributed by atoms with E-state index in [-0.39, 0.29) is 24.3 Å². The number of carbonyl (C=O) groups is 2. The van der Waals surface area contributed by atoms with Gasteiger partial charge in [0.05, 0.1) is 11.2 Å². The molecular weight excluding hydrogens is 432 g/mol. The lowest BCUT2D eigenvalue weighted by Crippen LogP contribution is -2.52. The highest BCUT2D eigenvalue weighted by Crippen LogP contribution is 2.33. The van der Waals surface area contributed by atoms with Crippen molar-refractivity contribution in [2.24, 2.45) is 0 Å². The maximum absolute atomic E-state index is 14.4. The van der Waals surface area contributed by atoms with E-state index in [0.29, 0.717) is 16.6 Å². The van der Waals surface area contributed by atoms with Gasteiger partial charge in [-0.1, -0.05) is 29.8 Å². The standard InChI is InChI=1S/C23H25F2N3O3Si/c1-12-4-6-13(7-5-12)19-15(16-10-14(24)11-17(25)20(16)27-19)8-9-18(29)26-21-22(30)28-32(2,3)23(21)31/h4-7,10-11,21,23,27,31H,8-9H2,1-3H3,(H,26,29)(H,28,30)/t21-,23-/m1/s1. The van der Waals surface area contributed by atoms with Gasteiger partial charge in [-0.3, -0.25) is 9.59 Å². The Morgan fingerprint density at radius 2 is 1.88 bits per heavy atom. The van der Waals surface area contributed by atoms with Crippen LogP contribution >= 0.6 is 0 Å². The highest BCUT2D eigenvalue weighted by molar-refractivity contribution is 6.80. The zero-order valence-corrected chi connectivity index (χ0v) is 19.1. The Hall–Kier alpha value is -3.04. The summed E-state index contributed by atoms with van der Waals surface area (Å²) >= 11 is 0. The first-order valence-corrected chi connectivity index (χ1v) is 13.5. The normalized spacial score (nSPS) is 19.9. The third kappa shape index (κ3) is 4.05. The smallest absolute Gasteiger partial charge is 0.237 e. The average Bonchev–Trinajstić information content (AvgIpc) is 3.17. The second-order valence-corrected chi connectivity index (χ2v) is 13.1. The summed E-state index contributed by atoms with van der Waals surface area (Å²) in [5.74, 6) is -2.22. The molecule has 1 fully saturated rings. The van der Waals surface area contributed by atoms with Crippen molar-refractivity contribution in [1.82, 2.24) is 15.3 Å². The number of hydrogen-bond acceptors (Lipinski definition) is 3. The Bertz CT molecular complexity index is 1210. The topological polar surface area (TPSA) is 94.2 Å². The Balaban J connectivity index is 1.62. The van der Waals surface area contributed by atoms with Gasteiger partial charge in [0.2, 0.25) is 11.8 Å². The summed E-state index contributed by atoms with van der Waals surface area (Å²) < 4.78 is 28.4. The predicted octanol–water partition coefficient (Wildman–Crippen LogP) is 3.07. The van der Waals surface area contributed by atoms with E-state index in [1.807, 2.05) is 44.3 Å². The van der Waals surface area contributed by atoms with Crippen LogP contribution in [0.25, 0.3) is 22.2 Å². The molecule has 6 nitrogen and oxygen atoms in total. The van der Waals surface area contributed by atoms with E-state index in [9.17, 15) is 23.5 Å². The average molecular weight is 458 g/mol. The van der Waals surface area contributed by atoms with Crippen LogP contribution in [0.1, 0.15) is 17.5 Å². The van der Waals surface area contributed by atoms with E-state index in [1.54, 1.807) is 0 Å². The lowest BCUT2D eigenvalue weighted by Gasteiger charge is -2.21. The number of H-pyrrole nitrogens is 1. The van der Waals surface area contributed by atoms with Gasteiger partial charge in [0.1, 0.15) is 17.7 Å². The number of amides is 2. The number of benzene rings is 2. The van der Waals surface area contributed by atoms with E-state index >= 15 is 0 Å². The molecule has 1 aliphatic rings. The number of halogens is 2. The summed E-state index contributed by atoms with van der Waals surface area (Å²) in [6.45, 7) is 5.57. The molecule has 1 saturated heterocycles. The fourth-order valence-electron chi connectivity index (χ4n) is 4.16. The van der Waals surface area contributed by atoms with Crippen LogP contribution in [-0.4, -0.2) is 41.9 Å². The summed E-state index contributed by atoms with van der Waals surface area (Å²) in [5, 5.41) is 13.4. The van der Waals surface area contributed by atoms with Gasteiger partial charge >= 0.3 is 0 Å². The number of nitrogens with one attached hydrogen (secondary N) is 3. The van der Waals surface area contributed by atoms with Crippen LogP contribution in [0.3, 0.4) is 0 Å². The van der Waals surface area contributed by atoms with E-state index in [4.69, 9.17) is 0 Å². The van der Waals surface area contributed by atoms with E-state index in [2.05, 4.69) is 15.3 Å². The van der Waals surface area contributed by atoms with Crippen LogP contribution < -0.4 is 10.3 Å². The predicted molar refractivity (Wildman–Crippen MR) is 120 cm³/mol. The number of carbonyl (C=O) groups excluding carboxylic acids is 2. The minimum Gasteiger partial charge on any atom is -0.392 e. The lowest BCUT2D eigenvalue weighted by atomic mass is 10.00. The summed E-state index contributed by atoms with van der Waals surface area (Å²) in [6, 6.07) is 8.68. The van der Waals surface area contributed by atoms with E-state index in [1.165, 1.54) is 6.07 Å². The quantitative estimate of drug-likeness (QED) is 0.444. The van der Waals surface area contributed by atoms with Crippen LogP contribution in [0.4, 0.5) is 8.78 Å². The number of aryl methyl sites for hydroxylation is 2. The molecule has 168 valence electrons. The molecule has 32 heavy (non-hydrogen) atoms. The summed E-state index contributed by atoms with van der Waals surface area (Å²) in [6.07, 6.45) is 0.186. The highest BCUT2D eigenvalue weighted by Gasteiger charge is 2.49. The van der Waals surface area contributed by atoms with Crippen LogP contribution in [0.2, 0.25) is 13.1 Å². The van der Waals surface area contributed by atoms with Gasteiger partial charge in [0.25, 0.3) is 0 Å². The van der Waals surface area contributed by atoms with Crippen molar-refractivity contribution in [1.29, 1.82) is 0 Å². The van der Waals surface area contributed by atoms with Crippen molar-refractivity contribution >= 4 is 31.0 Å². The maximum atomic E-state index is 14.4. The number of fused-ring (bicyclic) bond motifs is 1. The van der Waals surface area contributed by atoms with Crippen LogP contribution in [0.15, 0.2) is 36.4 Å². The molecule has 9 heteroatoms. The Kier molecular flexibility index (Phi) is 5.64. The van der Waals surface area contributed by atoms with Gasteiger partial charge < -0.3 is 20.4 Å². The lowest BCUT2D eigenvalue weighted by molar-refractivity contribution is -0.128. The molecule has 1 aliphatic heterocycles.